The van der Waals surface area contributed by atoms with Gasteiger partial charge in [0.15, 0.2) is 0 Å². The molecule has 1 saturated heterocycles. The van der Waals surface area contributed by atoms with Gasteiger partial charge < -0.3 is 4.90 Å². The summed E-state index contributed by atoms with van der Waals surface area (Å²) in [4.78, 5) is 13.6. The van der Waals surface area contributed by atoms with Crippen molar-refractivity contribution in [1.82, 2.24) is 4.31 Å². The molecular formula is C22H27N3O5S2. The van der Waals surface area contributed by atoms with Crippen LogP contribution in [0.3, 0.4) is 0 Å². The second kappa shape index (κ2) is 8.84. The van der Waals surface area contributed by atoms with E-state index in [9.17, 15) is 21.6 Å². The number of benzene rings is 2. The van der Waals surface area contributed by atoms with Crippen molar-refractivity contribution in [3.8, 4) is 0 Å². The van der Waals surface area contributed by atoms with Crippen molar-refractivity contribution in [1.29, 1.82) is 0 Å². The maximum Gasteiger partial charge on any atom is 0.261 e. The van der Waals surface area contributed by atoms with Gasteiger partial charge in [-0.3, -0.25) is 9.52 Å². The summed E-state index contributed by atoms with van der Waals surface area (Å²) in [6.45, 7) is 3.04. The van der Waals surface area contributed by atoms with Crippen LogP contribution in [0.25, 0.3) is 0 Å². The summed E-state index contributed by atoms with van der Waals surface area (Å²) in [6.07, 6.45) is 4.36. The highest BCUT2D eigenvalue weighted by molar-refractivity contribution is 7.92. The van der Waals surface area contributed by atoms with Gasteiger partial charge in [-0.15, -0.1) is 0 Å². The minimum Gasteiger partial charge on any atom is -0.312 e. The fourth-order valence-corrected chi connectivity index (χ4v) is 6.84. The smallest absolute Gasteiger partial charge is 0.261 e. The fourth-order valence-electron chi connectivity index (χ4n) is 4.21. The first-order valence-electron chi connectivity index (χ1n) is 10.7. The quantitative estimate of drug-likeness (QED) is 0.713. The number of nitrogens with one attached hydrogen (secondary N) is 1. The zero-order valence-electron chi connectivity index (χ0n) is 18.0. The largest absolute Gasteiger partial charge is 0.312 e. The molecule has 2 aromatic carbocycles. The summed E-state index contributed by atoms with van der Waals surface area (Å²) in [5.74, 6) is -0.0762. The average Bonchev–Trinajstić information content (AvgIpc) is 2.98. The number of nitrogens with zero attached hydrogens (tertiary/aromatic N) is 2. The van der Waals surface area contributed by atoms with E-state index < -0.39 is 20.0 Å². The van der Waals surface area contributed by atoms with Gasteiger partial charge in [0.25, 0.3) is 10.0 Å². The maximum absolute atomic E-state index is 12.9. The summed E-state index contributed by atoms with van der Waals surface area (Å²) in [5.41, 5.74) is 1.83. The van der Waals surface area contributed by atoms with Gasteiger partial charge in [0.1, 0.15) is 0 Å². The second-order valence-corrected chi connectivity index (χ2v) is 11.8. The molecule has 1 N–H and O–H groups in total. The van der Waals surface area contributed by atoms with Crippen molar-refractivity contribution < 1.29 is 21.6 Å². The standard InChI is InChI=1S/C22H27N3O5S2/c1-17(26)25-15-12-18-16-21(10-11-22(18)25)31(27,28)23-19-6-8-20(9-7-19)32(29,30)24-13-4-2-3-5-14-24/h6-11,16,23H,2-5,12-15H2,1H3. The Morgan fingerprint density at radius 1 is 0.844 bits per heavy atom. The van der Waals surface area contributed by atoms with Crippen LogP contribution < -0.4 is 9.62 Å². The molecule has 10 heteroatoms. The van der Waals surface area contributed by atoms with E-state index in [1.54, 1.807) is 17.0 Å². The molecule has 0 spiro atoms. The SMILES string of the molecule is CC(=O)N1CCc2cc(S(=O)(=O)Nc3ccc(S(=O)(=O)N4CCCCCC4)cc3)ccc21. The molecule has 172 valence electrons. The Morgan fingerprint density at radius 2 is 1.47 bits per heavy atom. The first kappa shape index (κ1) is 22.8. The predicted molar refractivity (Wildman–Crippen MR) is 123 cm³/mol. The lowest BCUT2D eigenvalue weighted by atomic mass is 10.2. The molecule has 1 amide bonds. The van der Waals surface area contributed by atoms with Crippen LogP contribution in [0.4, 0.5) is 11.4 Å². The molecule has 0 radical (unpaired) electrons. The highest BCUT2D eigenvalue weighted by Crippen LogP contribution is 2.31. The molecule has 0 unspecified atom stereocenters. The summed E-state index contributed by atoms with van der Waals surface area (Å²) < 4.78 is 55.6. The van der Waals surface area contributed by atoms with Gasteiger partial charge in [0.2, 0.25) is 15.9 Å². The summed E-state index contributed by atoms with van der Waals surface area (Å²) in [6, 6.07) is 10.5. The van der Waals surface area contributed by atoms with Crippen molar-refractivity contribution in [3.05, 3.63) is 48.0 Å². The van der Waals surface area contributed by atoms with Crippen LogP contribution in [-0.2, 0) is 31.3 Å². The van der Waals surface area contributed by atoms with Crippen LogP contribution in [0.5, 0.6) is 0 Å². The Morgan fingerprint density at radius 3 is 2.09 bits per heavy atom. The second-order valence-electron chi connectivity index (χ2n) is 8.16. The van der Waals surface area contributed by atoms with Crippen molar-refractivity contribution in [3.63, 3.8) is 0 Å². The lowest BCUT2D eigenvalue weighted by Gasteiger charge is -2.20. The van der Waals surface area contributed by atoms with Crippen LogP contribution in [0.2, 0.25) is 0 Å². The summed E-state index contributed by atoms with van der Waals surface area (Å²) in [5, 5.41) is 0. The predicted octanol–water partition coefficient (Wildman–Crippen LogP) is 2.96. The Kier molecular flexibility index (Phi) is 6.28. The molecule has 2 aromatic rings. The number of rotatable bonds is 5. The van der Waals surface area contributed by atoms with E-state index in [1.807, 2.05) is 0 Å². The number of carbonyl (C=O) groups excluding carboxylic acids is 1. The number of carbonyl (C=O) groups is 1. The van der Waals surface area contributed by atoms with Crippen molar-refractivity contribution in [2.24, 2.45) is 0 Å². The van der Waals surface area contributed by atoms with E-state index in [4.69, 9.17) is 0 Å². The van der Waals surface area contributed by atoms with Gasteiger partial charge in [-0.05, 0) is 67.3 Å². The van der Waals surface area contributed by atoms with Crippen molar-refractivity contribution in [2.45, 2.75) is 48.8 Å². The lowest BCUT2D eigenvalue weighted by molar-refractivity contribution is -0.116. The van der Waals surface area contributed by atoms with E-state index in [1.165, 1.54) is 41.6 Å². The van der Waals surface area contributed by atoms with E-state index in [2.05, 4.69) is 4.72 Å². The third-order valence-electron chi connectivity index (χ3n) is 5.95. The Hall–Kier alpha value is -2.43. The fraction of sp³-hybridized carbons (Fsp3) is 0.409. The molecule has 32 heavy (non-hydrogen) atoms. The van der Waals surface area contributed by atoms with Gasteiger partial charge in [0.05, 0.1) is 9.79 Å². The van der Waals surface area contributed by atoms with Gasteiger partial charge in [-0.25, -0.2) is 16.8 Å². The van der Waals surface area contributed by atoms with E-state index in [0.717, 1.165) is 36.9 Å². The molecule has 1 fully saturated rings. The first-order valence-corrected chi connectivity index (χ1v) is 13.6. The molecule has 2 aliphatic heterocycles. The number of anilines is 2. The number of hydrogen-bond acceptors (Lipinski definition) is 5. The zero-order chi connectivity index (χ0) is 22.9. The summed E-state index contributed by atoms with van der Waals surface area (Å²) >= 11 is 0. The molecular weight excluding hydrogens is 450 g/mol. The number of sulfonamides is 2. The van der Waals surface area contributed by atoms with E-state index in [0.29, 0.717) is 26.1 Å². The topological polar surface area (TPSA) is 104 Å². The first-order chi connectivity index (χ1) is 15.2. The molecule has 0 bridgehead atoms. The highest BCUT2D eigenvalue weighted by Gasteiger charge is 2.26. The van der Waals surface area contributed by atoms with Gasteiger partial charge in [0, 0.05) is 37.9 Å². The van der Waals surface area contributed by atoms with Crippen LogP contribution in [0, 0.1) is 0 Å². The zero-order valence-corrected chi connectivity index (χ0v) is 19.6. The highest BCUT2D eigenvalue weighted by atomic mass is 32.2. The Balaban J connectivity index is 1.51. The van der Waals surface area contributed by atoms with Crippen molar-refractivity contribution in [2.75, 3.05) is 29.3 Å². The van der Waals surface area contributed by atoms with Gasteiger partial charge in [-0.1, -0.05) is 12.8 Å². The number of fused-ring (bicyclic) bond motifs is 1. The molecule has 0 aromatic heterocycles. The minimum absolute atomic E-state index is 0.0762. The van der Waals surface area contributed by atoms with Crippen LogP contribution in [-0.4, -0.2) is 46.7 Å². The molecule has 2 heterocycles. The third-order valence-corrected chi connectivity index (χ3v) is 9.24. The van der Waals surface area contributed by atoms with Gasteiger partial charge in [-0.2, -0.15) is 4.31 Å². The van der Waals surface area contributed by atoms with E-state index in [-0.39, 0.29) is 21.4 Å². The van der Waals surface area contributed by atoms with Crippen LogP contribution in [0.1, 0.15) is 38.2 Å². The Labute approximate surface area is 189 Å². The molecule has 2 aliphatic rings. The van der Waals surface area contributed by atoms with E-state index >= 15 is 0 Å². The maximum atomic E-state index is 12.9. The molecule has 0 saturated carbocycles. The van der Waals surface area contributed by atoms with Crippen LogP contribution >= 0.6 is 0 Å². The molecule has 0 aliphatic carbocycles. The normalized spacial score (nSPS) is 17.6. The minimum atomic E-state index is -3.86. The molecule has 0 atom stereocenters. The van der Waals surface area contributed by atoms with Crippen molar-refractivity contribution >= 4 is 37.3 Å². The number of amides is 1. The van der Waals surface area contributed by atoms with Gasteiger partial charge >= 0.3 is 0 Å². The third kappa shape index (κ3) is 4.53. The molecule has 4 rings (SSSR count). The average molecular weight is 478 g/mol. The molecule has 8 nitrogen and oxygen atoms in total. The monoisotopic (exact) mass is 477 g/mol. The summed E-state index contributed by atoms with van der Waals surface area (Å²) in [7, 11) is -7.45. The number of hydrogen-bond donors (Lipinski definition) is 1. The Bertz CT molecular complexity index is 1220. The van der Waals surface area contributed by atoms with Crippen LogP contribution in [0.15, 0.2) is 52.3 Å². The lowest BCUT2D eigenvalue weighted by Crippen LogP contribution is -2.31.